The second-order valence-electron chi connectivity index (χ2n) is 3.70. The van der Waals surface area contributed by atoms with Gasteiger partial charge in [0.1, 0.15) is 0 Å². The maximum Gasteiger partial charge on any atom is 0.255 e. The minimum Gasteiger partial charge on any atom is -0.398 e. The highest BCUT2D eigenvalue weighted by Crippen LogP contribution is 2.20. The molecular weight excluding hydrogens is 316 g/mol. The topological polar surface area (TPSA) is 55.1 Å². The van der Waals surface area contributed by atoms with E-state index in [-0.39, 0.29) is 5.91 Å². The molecule has 0 saturated carbocycles. The largest absolute Gasteiger partial charge is 0.398 e. The lowest BCUT2D eigenvalue weighted by molar-refractivity contribution is 0.102. The van der Waals surface area contributed by atoms with Gasteiger partial charge < -0.3 is 11.1 Å². The summed E-state index contributed by atoms with van der Waals surface area (Å²) < 4.78 is 0.955. The van der Waals surface area contributed by atoms with Crippen LogP contribution >= 0.6 is 27.5 Å². The predicted octanol–water partition coefficient (Wildman–Crippen LogP) is 3.94. The van der Waals surface area contributed by atoms with Gasteiger partial charge in [-0.05, 0) is 42.5 Å². The van der Waals surface area contributed by atoms with E-state index in [1.165, 1.54) is 0 Å². The van der Waals surface area contributed by atoms with Gasteiger partial charge in [0, 0.05) is 15.7 Å². The third-order valence-electron chi connectivity index (χ3n) is 2.36. The molecule has 0 spiro atoms. The number of benzene rings is 2. The van der Waals surface area contributed by atoms with Gasteiger partial charge in [-0.1, -0.05) is 27.5 Å². The van der Waals surface area contributed by atoms with Crippen molar-refractivity contribution in [2.75, 3.05) is 11.1 Å². The molecule has 92 valence electrons. The minimum atomic E-state index is -0.222. The lowest BCUT2D eigenvalue weighted by Gasteiger charge is -2.06. The second kappa shape index (κ2) is 5.42. The number of halogens is 2. The molecule has 2 aromatic carbocycles. The molecule has 2 aromatic rings. The van der Waals surface area contributed by atoms with Gasteiger partial charge in [-0.15, -0.1) is 0 Å². The number of rotatable bonds is 2. The Labute approximate surface area is 118 Å². The second-order valence-corrected chi connectivity index (χ2v) is 5.02. The van der Waals surface area contributed by atoms with E-state index in [1.807, 2.05) is 12.1 Å². The first kappa shape index (κ1) is 12.9. The fourth-order valence-electron chi connectivity index (χ4n) is 1.42. The SMILES string of the molecule is Nc1cc(C(=O)Nc2ccc(Br)cc2)ccc1Cl. The van der Waals surface area contributed by atoms with Crippen molar-refractivity contribution in [1.29, 1.82) is 0 Å². The molecule has 0 radical (unpaired) electrons. The van der Waals surface area contributed by atoms with E-state index in [4.69, 9.17) is 17.3 Å². The molecular formula is C13H10BrClN2O. The number of nitrogens with one attached hydrogen (secondary N) is 1. The summed E-state index contributed by atoms with van der Waals surface area (Å²) in [6, 6.07) is 12.1. The Morgan fingerprint density at radius 3 is 2.44 bits per heavy atom. The van der Waals surface area contributed by atoms with Crippen molar-refractivity contribution in [2.24, 2.45) is 0 Å². The Morgan fingerprint density at radius 1 is 1.17 bits per heavy atom. The average molecular weight is 326 g/mol. The maximum absolute atomic E-state index is 11.9. The molecule has 0 aromatic heterocycles. The van der Waals surface area contributed by atoms with E-state index in [0.717, 1.165) is 10.2 Å². The van der Waals surface area contributed by atoms with E-state index in [9.17, 15) is 4.79 Å². The quantitative estimate of drug-likeness (QED) is 0.822. The first-order valence-corrected chi connectivity index (χ1v) is 6.35. The number of nitrogen functional groups attached to an aromatic ring is 1. The van der Waals surface area contributed by atoms with Crippen LogP contribution in [0.2, 0.25) is 5.02 Å². The van der Waals surface area contributed by atoms with Crippen molar-refractivity contribution in [3.63, 3.8) is 0 Å². The summed E-state index contributed by atoms with van der Waals surface area (Å²) in [5, 5.41) is 3.21. The first-order valence-electron chi connectivity index (χ1n) is 5.18. The van der Waals surface area contributed by atoms with Gasteiger partial charge in [-0.25, -0.2) is 0 Å². The predicted molar refractivity (Wildman–Crippen MR) is 78.0 cm³/mol. The maximum atomic E-state index is 11.9. The number of hydrogen-bond donors (Lipinski definition) is 2. The highest BCUT2D eigenvalue weighted by atomic mass is 79.9. The van der Waals surface area contributed by atoms with Gasteiger partial charge in [0.2, 0.25) is 0 Å². The van der Waals surface area contributed by atoms with Crippen molar-refractivity contribution >= 4 is 44.8 Å². The van der Waals surface area contributed by atoms with Crippen LogP contribution in [0.4, 0.5) is 11.4 Å². The van der Waals surface area contributed by atoms with Crippen molar-refractivity contribution in [3.05, 3.63) is 57.5 Å². The van der Waals surface area contributed by atoms with Crippen molar-refractivity contribution in [1.82, 2.24) is 0 Å². The van der Waals surface area contributed by atoms with Gasteiger partial charge in [0.15, 0.2) is 0 Å². The molecule has 0 aliphatic rings. The Hall–Kier alpha value is -1.52. The molecule has 0 saturated heterocycles. The Balaban J connectivity index is 2.16. The molecule has 0 fully saturated rings. The van der Waals surface area contributed by atoms with E-state index < -0.39 is 0 Å². The number of anilines is 2. The first-order chi connectivity index (χ1) is 8.56. The molecule has 0 heterocycles. The standard InChI is InChI=1S/C13H10BrClN2O/c14-9-2-4-10(5-3-9)17-13(18)8-1-6-11(15)12(16)7-8/h1-7H,16H2,(H,17,18). The lowest BCUT2D eigenvalue weighted by atomic mass is 10.2. The lowest BCUT2D eigenvalue weighted by Crippen LogP contribution is -2.12. The Bertz CT molecular complexity index is 584. The van der Waals surface area contributed by atoms with Gasteiger partial charge in [-0.2, -0.15) is 0 Å². The number of carbonyl (C=O) groups excluding carboxylic acids is 1. The normalized spacial score (nSPS) is 10.1. The van der Waals surface area contributed by atoms with Crippen LogP contribution in [0.1, 0.15) is 10.4 Å². The van der Waals surface area contributed by atoms with Gasteiger partial charge in [-0.3, -0.25) is 4.79 Å². The molecule has 0 atom stereocenters. The van der Waals surface area contributed by atoms with Crippen LogP contribution in [-0.2, 0) is 0 Å². The molecule has 3 nitrogen and oxygen atoms in total. The number of carbonyl (C=O) groups is 1. The molecule has 0 unspecified atom stereocenters. The summed E-state index contributed by atoms with van der Waals surface area (Å²) in [6.07, 6.45) is 0. The number of nitrogens with two attached hydrogens (primary N) is 1. The van der Waals surface area contributed by atoms with E-state index in [0.29, 0.717) is 16.3 Å². The smallest absolute Gasteiger partial charge is 0.255 e. The zero-order valence-electron chi connectivity index (χ0n) is 9.28. The van der Waals surface area contributed by atoms with Gasteiger partial charge in [0.05, 0.1) is 10.7 Å². The van der Waals surface area contributed by atoms with Gasteiger partial charge in [0.25, 0.3) is 5.91 Å². The molecule has 2 rings (SSSR count). The molecule has 0 aliphatic carbocycles. The van der Waals surface area contributed by atoms with Crippen LogP contribution in [0.5, 0.6) is 0 Å². The highest BCUT2D eigenvalue weighted by Gasteiger charge is 2.07. The van der Waals surface area contributed by atoms with E-state index >= 15 is 0 Å². The summed E-state index contributed by atoms with van der Waals surface area (Å²) in [6.45, 7) is 0. The van der Waals surface area contributed by atoms with Crippen LogP contribution in [0.25, 0.3) is 0 Å². The Morgan fingerprint density at radius 2 is 1.83 bits per heavy atom. The highest BCUT2D eigenvalue weighted by molar-refractivity contribution is 9.10. The Kier molecular flexibility index (Phi) is 3.89. The average Bonchev–Trinajstić information content (AvgIpc) is 2.35. The van der Waals surface area contributed by atoms with Crippen LogP contribution in [0, 0.1) is 0 Å². The zero-order chi connectivity index (χ0) is 13.1. The van der Waals surface area contributed by atoms with Crippen LogP contribution in [0.3, 0.4) is 0 Å². The third kappa shape index (κ3) is 3.03. The number of hydrogen-bond acceptors (Lipinski definition) is 2. The molecule has 0 aliphatic heterocycles. The van der Waals surface area contributed by atoms with Gasteiger partial charge >= 0.3 is 0 Å². The number of amides is 1. The zero-order valence-corrected chi connectivity index (χ0v) is 11.6. The van der Waals surface area contributed by atoms with E-state index in [1.54, 1.807) is 30.3 Å². The van der Waals surface area contributed by atoms with Crippen LogP contribution < -0.4 is 11.1 Å². The fourth-order valence-corrected chi connectivity index (χ4v) is 1.80. The molecule has 5 heteroatoms. The third-order valence-corrected chi connectivity index (χ3v) is 3.23. The molecule has 0 bridgehead atoms. The summed E-state index contributed by atoms with van der Waals surface area (Å²) in [4.78, 5) is 11.9. The van der Waals surface area contributed by atoms with E-state index in [2.05, 4.69) is 21.2 Å². The molecule has 1 amide bonds. The monoisotopic (exact) mass is 324 g/mol. The summed E-state index contributed by atoms with van der Waals surface area (Å²) in [7, 11) is 0. The van der Waals surface area contributed by atoms with Crippen LogP contribution in [-0.4, -0.2) is 5.91 Å². The van der Waals surface area contributed by atoms with Crippen molar-refractivity contribution in [2.45, 2.75) is 0 Å². The molecule has 18 heavy (non-hydrogen) atoms. The van der Waals surface area contributed by atoms with Crippen molar-refractivity contribution in [3.8, 4) is 0 Å². The van der Waals surface area contributed by atoms with Crippen LogP contribution in [0.15, 0.2) is 46.9 Å². The minimum absolute atomic E-state index is 0.222. The summed E-state index contributed by atoms with van der Waals surface area (Å²) >= 11 is 9.13. The summed E-state index contributed by atoms with van der Waals surface area (Å²) in [5.74, 6) is -0.222. The van der Waals surface area contributed by atoms with Crippen molar-refractivity contribution < 1.29 is 4.79 Å². The molecule has 3 N–H and O–H groups in total. The summed E-state index contributed by atoms with van der Waals surface area (Å²) in [5.41, 5.74) is 7.23. The fraction of sp³-hybridized carbons (Fsp3) is 0.